The number of aromatic nitrogens is 1. The summed E-state index contributed by atoms with van der Waals surface area (Å²) in [7, 11) is -1.84. The molecule has 0 amide bonds. The van der Waals surface area contributed by atoms with E-state index in [0.29, 0.717) is 21.9 Å². The van der Waals surface area contributed by atoms with Gasteiger partial charge in [0.2, 0.25) is 0 Å². The van der Waals surface area contributed by atoms with Gasteiger partial charge in [-0.1, -0.05) is 44.0 Å². The molecule has 27 heavy (non-hydrogen) atoms. The minimum Gasteiger partial charge on any atom is -0.410 e. The summed E-state index contributed by atoms with van der Waals surface area (Å²) in [5.74, 6) is 0. The van der Waals surface area contributed by atoms with Crippen LogP contribution in [0.3, 0.4) is 0 Å². The van der Waals surface area contributed by atoms with Crippen LogP contribution in [0.4, 0.5) is 4.39 Å². The van der Waals surface area contributed by atoms with Crippen molar-refractivity contribution >= 4 is 31.5 Å². The fraction of sp³-hybridized carbons (Fsp3) is 0.762. The van der Waals surface area contributed by atoms with E-state index in [2.05, 4.69) is 25.8 Å². The Morgan fingerprint density at radius 3 is 2.15 bits per heavy atom. The lowest BCUT2D eigenvalue weighted by molar-refractivity contribution is -0.0190. The van der Waals surface area contributed by atoms with E-state index >= 15 is 0 Å². The number of alkyl halides is 1. The van der Waals surface area contributed by atoms with E-state index in [4.69, 9.17) is 27.6 Å². The molecule has 2 aliphatic carbocycles. The molecular formula is C21H32Cl2FNOSi. The zero-order valence-electron chi connectivity index (χ0n) is 16.8. The first-order valence-corrected chi connectivity index (χ1v) is 13.7. The van der Waals surface area contributed by atoms with Crippen LogP contribution < -0.4 is 0 Å². The molecule has 1 heterocycles. The van der Waals surface area contributed by atoms with Crippen LogP contribution in [0.25, 0.3) is 0 Å². The Morgan fingerprint density at radius 1 is 1.11 bits per heavy atom. The van der Waals surface area contributed by atoms with Gasteiger partial charge in [-0.25, -0.2) is 4.39 Å². The Bertz CT molecular complexity index is 627. The van der Waals surface area contributed by atoms with Crippen molar-refractivity contribution in [2.24, 2.45) is 5.41 Å². The molecule has 1 spiro atoms. The van der Waals surface area contributed by atoms with Crippen molar-refractivity contribution in [1.29, 1.82) is 0 Å². The standard InChI is InChI=1S/C21H32Cl2FNOSi/c1-4-27(5-2,6-3)26-18(19-16(22)12-25-13-17(19)23)8-7-9-21(24)14-20(15-21)10-11-20/h12-13,18H,4-11,14-15H2,1-3H3. The average molecular weight is 432 g/mol. The minimum atomic E-state index is -1.84. The van der Waals surface area contributed by atoms with E-state index < -0.39 is 14.0 Å². The normalized spacial score (nSPS) is 21.1. The number of nitrogens with zero attached hydrogens (tertiary/aromatic N) is 1. The van der Waals surface area contributed by atoms with Crippen molar-refractivity contribution in [3.8, 4) is 0 Å². The van der Waals surface area contributed by atoms with E-state index in [1.807, 2.05) is 0 Å². The first kappa shape index (κ1) is 21.5. The molecule has 0 aliphatic heterocycles. The van der Waals surface area contributed by atoms with Gasteiger partial charge in [-0.3, -0.25) is 4.98 Å². The van der Waals surface area contributed by atoms with Gasteiger partial charge in [0.25, 0.3) is 0 Å². The van der Waals surface area contributed by atoms with E-state index in [1.165, 1.54) is 12.8 Å². The van der Waals surface area contributed by atoms with Crippen LogP contribution in [0.15, 0.2) is 12.4 Å². The van der Waals surface area contributed by atoms with E-state index in [9.17, 15) is 4.39 Å². The third-order valence-electron chi connectivity index (χ3n) is 6.97. The molecule has 0 aromatic carbocycles. The first-order chi connectivity index (χ1) is 12.8. The van der Waals surface area contributed by atoms with Crippen LogP contribution in [0.1, 0.15) is 77.4 Å². The molecule has 0 saturated heterocycles. The Hall–Kier alpha value is -0.163. The zero-order valence-corrected chi connectivity index (χ0v) is 19.3. The van der Waals surface area contributed by atoms with Crippen LogP contribution >= 0.6 is 23.2 Å². The van der Waals surface area contributed by atoms with Gasteiger partial charge >= 0.3 is 0 Å². The Kier molecular flexibility index (Phi) is 6.62. The van der Waals surface area contributed by atoms with Crippen LogP contribution in [0.5, 0.6) is 0 Å². The van der Waals surface area contributed by atoms with Gasteiger partial charge in [-0.2, -0.15) is 0 Å². The molecule has 3 rings (SSSR count). The van der Waals surface area contributed by atoms with Crippen LogP contribution in [-0.2, 0) is 4.43 Å². The quantitative estimate of drug-likeness (QED) is 0.351. The second kappa shape index (κ2) is 8.29. The summed E-state index contributed by atoms with van der Waals surface area (Å²) < 4.78 is 21.7. The second-order valence-corrected chi connectivity index (χ2v) is 14.3. The highest BCUT2D eigenvalue weighted by Crippen LogP contribution is 2.67. The van der Waals surface area contributed by atoms with Gasteiger partial charge in [-0.05, 0) is 68.5 Å². The highest BCUT2D eigenvalue weighted by Gasteiger charge is 2.61. The molecular weight excluding hydrogens is 400 g/mol. The molecule has 152 valence electrons. The van der Waals surface area contributed by atoms with Gasteiger partial charge in [0.05, 0.1) is 16.1 Å². The molecule has 1 unspecified atom stereocenters. The summed E-state index contributed by atoms with van der Waals surface area (Å²) in [4.78, 5) is 4.08. The molecule has 2 nitrogen and oxygen atoms in total. The number of hydrogen-bond acceptors (Lipinski definition) is 2. The molecule has 1 atom stereocenters. The van der Waals surface area contributed by atoms with Gasteiger partial charge in [0.15, 0.2) is 8.32 Å². The highest BCUT2D eigenvalue weighted by molar-refractivity contribution is 6.73. The molecule has 6 heteroatoms. The zero-order chi connectivity index (χ0) is 19.7. The average Bonchev–Trinajstić information content (AvgIpc) is 3.38. The second-order valence-electron chi connectivity index (χ2n) is 8.76. The largest absolute Gasteiger partial charge is 0.410 e. The summed E-state index contributed by atoms with van der Waals surface area (Å²) in [5, 5.41) is 1.10. The smallest absolute Gasteiger partial charge is 0.192 e. The van der Waals surface area contributed by atoms with Crippen molar-refractivity contribution in [3.05, 3.63) is 28.0 Å². The predicted octanol–water partition coefficient (Wildman–Crippen LogP) is 7.90. The van der Waals surface area contributed by atoms with Crippen molar-refractivity contribution in [3.63, 3.8) is 0 Å². The molecule has 2 fully saturated rings. The Morgan fingerprint density at radius 2 is 1.67 bits per heavy atom. The van der Waals surface area contributed by atoms with E-state index in [1.54, 1.807) is 12.4 Å². The van der Waals surface area contributed by atoms with E-state index in [-0.39, 0.29) is 6.10 Å². The molecule has 2 aliphatic rings. The van der Waals surface area contributed by atoms with Crippen LogP contribution in [-0.4, -0.2) is 19.0 Å². The maximum absolute atomic E-state index is 14.9. The number of pyridine rings is 1. The number of rotatable bonds is 10. The molecule has 2 saturated carbocycles. The molecule has 1 aromatic rings. The van der Waals surface area contributed by atoms with Gasteiger partial charge in [0, 0.05) is 18.0 Å². The summed E-state index contributed by atoms with van der Waals surface area (Å²) in [6, 6.07) is 3.19. The highest BCUT2D eigenvalue weighted by atomic mass is 35.5. The topological polar surface area (TPSA) is 22.1 Å². The predicted molar refractivity (Wildman–Crippen MR) is 114 cm³/mol. The SMILES string of the molecule is CC[Si](CC)(CC)OC(CCCC1(F)CC2(CC2)C1)c1c(Cl)cncc1Cl. The lowest BCUT2D eigenvalue weighted by Gasteiger charge is -2.43. The van der Waals surface area contributed by atoms with Crippen molar-refractivity contribution in [2.45, 2.75) is 95.6 Å². The summed E-state index contributed by atoms with van der Waals surface area (Å²) in [5.41, 5.74) is 0.263. The first-order valence-electron chi connectivity index (χ1n) is 10.5. The molecule has 0 radical (unpaired) electrons. The number of hydrogen-bond donors (Lipinski definition) is 0. The third-order valence-corrected chi connectivity index (χ3v) is 12.2. The summed E-state index contributed by atoms with van der Waals surface area (Å²) in [6.45, 7) is 6.64. The minimum absolute atomic E-state index is 0.168. The third kappa shape index (κ3) is 4.71. The lowest BCUT2D eigenvalue weighted by atomic mass is 9.67. The van der Waals surface area contributed by atoms with Crippen molar-refractivity contribution < 1.29 is 8.82 Å². The van der Waals surface area contributed by atoms with Gasteiger partial charge < -0.3 is 4.43 Å². The van der Waals surface area contributed by atoms with Gasteiger partial charge in [0.1, 0.15) is 5.67 Å². The van der Waals surface area contributed by atoms with Crippen LogP contribution in [0, 0.1) is 5.41 Å². The van der Waals surface area contributed by atoms with Crippen molar-refractivity contribution in [1.82, 2.24) is 4.98 Å². The summed E-state index contributed by atoms with van der Waals surface area (Å²) in [6.07, 6.45) is 9.25. The lowest BCUT2D eigenvalue weighted by Crippen LogP contribution is -2.41. The fourth-order valence-electron chi connectivity index (χ4n) is 4.90. The van der Waals surface area contributed by atoms with Crippen LogP contribution in [0.2, 0.25) is 28.2 Å². The van der Waals surface area contributed by atoms with E-state index in [0.717, 1.165) is 49.4 Å². The van der Waals surface area contributed by atoms with Crippen molar-refractivity contribution in [2.75, 3.05) is 0 Å². The molecule has 0 N–H and O–H groups in total. The fourth-order valence-corrected chi connectivity index (χ4v) is 8.34. The maximum Gasteiger partial charge on any atom is 0.192 e. The summed E-state index contributed by atoms with van der Waals surface area (Å²) >= 11 is 12.9. The number of halogens is 3. The Labute approximate surface area is 174 Å². The van der Waals surface area contributed by atoms with Gasteiger partial charge in [-0.15, -0.1) is 0 Å². The molecule has 1 aromatic heterocycles. The molecule has 0 bridgehead atoms. The monoisotopic (exact) mass is 431 g/mol. The maximum atomic E-state index is 14.9. The Balaban J connectivity index is 1.71.